The van der Waals surface area contributed by atoms with Crippen LogP contribution in [0.4, 0.5) is 5.00 Å². The quantitative estimate of drug-likeness (QED) is 0.836. The van der Waals surface area contributed by atoms with Gasteiger partial charge in [0, 0.05) is 4.88 Å². The van der Waals surface area contributed by atoms with Crippen molar-refractivity contribution in [1.29, 1.82) is 0 Å². The summed E-state index contributed by atoms with van der Waals surface area (Å²) in [5.74, 6) is -0.157. The topological polar surface area (TPSA) is 63.2 Å². The molecule has 3 rings (SSSR count). The van der Waals surface area contributed by atoms with Gasteiger partial charge in [0.1, 0.15) is 5.00 Å². The number of thiophene rings is 1. The third-order valence-corrected chi connectivity index (χ3v) is 6.54. The predicted octanol–water partition coefficient (Wildman–Crippen LogP) is 3.77. The normalized spacial score (nSPS) is 14.3. The number of Topliss-reactive ketones (excluding diaryl/α,β-unsaturated/α-hetero) is 1. The molecule has 1 N–H and O–H groups in total. The van der Waals surface area contributed by atoms with E-state index in [1.165, 1.54) is 18.3 Å². The minimum Gasteiger partial charge on any atom is -0.294 e. The lowest BCUT2D eigenvalue weighted by Crippen LogP contribution is -2.16. The number of carbonyl (C=O) groups excluding carboxylic acids is 1. The van der Waals surface area contributed by atoms with Gasteiger partial charge >= 0.3 is 0 Å². The maximum absolute atomic E-state index is 12.4. The molecule has 0 spiro atoms. The average Bonchev–Trinajstić information content (AvgIpc) is 2.84. The van der Waals surface area contributed by atoms with Gasteiger partial charge in [-0.15, -0.1) is 11.3 Å². The second-order valence-corrected chi connectivity index (χ2v) is 8.65. The Morgan fingerprint density at radius 2 is 1.87 bits per heavy atom. The standard InChI is InChI=1S/C17H19NO3S2/c1-12(19)16-14-9-5-6-10-15(14)22-17(16)18-23(20,21)11-13-7-3-2-4-8-13/h2-4,7-8,18H,5-6,9-11H2,1H3. The number of sulfonamides is 1. The second kappa shape index (κ2) is 6.45. The van der Waals surface area contributed by atoms with Gasteiger partial charge in [0.05, 0.1) is 11.3 Å². The Balaban J connectivity index is 1.90. The van der Waals surface area contributed by atoms with Crippen LogP contribution in [0, 0.1) is 0 Å². The van der Waals surface area contributed by atoms with Gasteiger partial charge in [-0.3, -0.25) is 9.52 Å². The Kier molecular flexibility index (Phi) is 4.55. The fraction of sp³-hybridized carbons (Fsp3) is 0.353. The van der Waals surface area contributed by atoms with Crippen LogP contribution in [-0.2, 0) is 28.6 Å². The van der Waals surface area contributed by atoms with Crippen LogP contribution < -0.4 is 4.72 Å². The molecule has 0 amide bonds. The van der Waals surface area contributed by atoms with Crippen LogP contribution in [0.5, 0.6) is 0 Å². The zero-order chi connectivity index (χ0) is 16.4. The highest BCUT2D eigenvalue weighted by atomic mass is 32.2. The number of anilines is 1. The number of carbonyl (C=O) groups is 1. The molecule has 0 radical (unpaired) electrons. The molecule has 23 heavy (non-hydrogen) atoms. The van der Waals surface area contributed by atoms with E-state index in [1.54, 1.807) is 12.1 Å². The first-order chi connectivity index (χ1) is 11.0. The Bertz CT molecular complexity index is 823. The van der Waals surface area contributed by atoms with E-state index < -0.39 is 10.0 Å². The molecule has 0 unspecified atom stereocenters. The molecule has 0 saturated heterocycles. The second-order valence-electron chi connectivity index (χ2n) is 5.82. The van der Waals surface area contributed by atoms with Crippen molar-refractivity contribution in [2.45, 2.75) is 38.4 Å². The number of ketones is 1. The molecule has 122 valence electrons. The van der Waals surface area contributed by atoms with Gasteiger partial charge in [0.25, 0.3) is 0 Å². The van der Waals surface area contributed by atoms with E-state index in [-0.39, 0.29) is 11.5 Å². The maximum Gasteiger partial charge on any atom is 0.237 e. The van der Waals surface area contributed by atoms with Crippen molar-refractivity contribution in [3.8, 4) is 0 Å². The summed E-state index contributed by atoms with van der Waals surface area (Å²) in [6.45, 7) is 1.51. The molecular weight excluding hydrogens is 330 g/mol. The Morgan fingerprint density at radius 3 is 2.57 bits per heavy atom. The Morgan fingerprint density at radius 1 is 1.17 bits per heavy atom. The smallest absolute Gasteiger partial charge is 0.237 e. The summed E-state index contributed by atoms with van der Waals surface area (Å²) < 4.78 is 27.5. The first-order valence-electron chi connectivity index (χ1n) is 7.66. The van der Waals surface area contributed by atoms with Crippen LogP contribution in [0.3, 0.4) is 0 Å². The molecule has 0 bridgehead atoms. The predicted molar refractivity (Wildman–Crippen MR) is 93.7 cm³/mol. The summed E-state index contributed by atoms with van der Waals surface area (Å²) in [5.41, 5.74) is 2.35. The van der Waals surface area contributed by atoms with Crippen molar-refractivity contribution >= 4 is 32.1 Å². The number of aryl methyl sites for hydroxylation is 1. The van der Waals surface area contributed by atoms with E-state index in [0.717, 1.165) is 41.7 Å². The molecule has 4 nitrogen and oxygen atoms in total. The van der Waals surface area contributed by atoms with Gasteiger partial charge in [0.2, 0.25) is 10.0 Å². The SMILES string of the molecule is CC(=O)c1c(NS(=O)(=O)Cc2ccccc2)sc2c1CCCC2. The summed E-state index contributed by atoms with van der Waals surface area (Å²) >= 11 is 1.42. The van der Waals surface area contributed by atoms with Crippen molar-refractivity contribution in [2.24, 2.45) is 0 Å². The number of fused-ring (bicyclic) bond motifs is 1. The van der Waals surface area contributed by atoms with E-state index >= 15 is 0 Å². The minimum atomic E-state index is -3.53. The number of rotatable bonds is 5. The van der Waals surface area contributed by atoms with E-state index in [1.807, 2.05) is 18.2 Å². The molecule has 1 aliphatic rings. The number of benzene rings is 1. The van der Waals surface area contributed by atoms with Crippen LogP contribution in [0.2, 0.25) is 0 Å². The highest BCUT2D eigenvalue weighted by Crippen LogP contribution is 2.39. The lowest BCUT2D eigenvalue weighted by atomic mass is 9.94. The van der Waals surface area contributed by atoms with E-state index in [4.69, 9.17) is 0 Å². The fourth-order valence-corrected chi connectivity index (χ4v) is 5.81. The van der Waals surface area contributed by atoms with Gasteiger partial charge in [0.15, 0.2) is 5.78 Å². The van der Waals surface area contributed by atoms with E-state index in [9.17, 15) is 13.2 Å². The van der Waals surface area contributed by atoms with Crippen LogP contribution in [0.25, 0.3) is 0 Å². The molecule has 0 aliphatic heterocycles. The largest absolute Gasteiger partial charge is 0.294 e. The van der Waals surface area contributed by atoms with Gasteiger partial charge in [-0.2, -0.15) is 0 Å². The molecule has 0 saturated carbocycles. The van der Waals surface area contributed by atoms with Crippen molar-refractivity contribution < 1.29 is 13.2 Å². The van der Waals surface area contributed by atoms with Crippen LogP contribution in [0.15, 0.2) is 30.3 Å². The molecule has 0 fully saturated rings. The van der Waals surface area contributed by atoms with Gasteiger partial charge in [-0.25, -0.2) is 8.42 Å². The third-order valence-electron chi connectivity index (χ3n) is 3.97. The zero-order valence-electron chi connectivity index (χ0n) is 13.0. The van der Waals surface area contributed by atoms with E-state index in [0.29, 0.717) is 10.6 Å². The monoisotopic (exact) mass is 349 g/mol. The summed E-state index contributed by atoms with van der Waals surface area (Å²) in [6.07, 6.45) is 3.95. The first kappa shape index (κ1) is 16.2. The first-order valence-corrected chi connectivity index (χ1v) is 10.1. The van der Waals surface area contributed by atoms with Crippen LogP contribution >= 0.6 is 11.3 Å². The molecule has 1 aliphatic carbocycles. The lowest BCUT2D eigenvalue weighted by molar-refractivity contribution is 0.101. The van der Waals surface area contributed by atoms with Gasteiger partial charge in [-0.05, 0) is 43.7 Å². The minimum absolute atomic E-state index is 0.0678. The fourth-order valence-electron chi connectivity index (χ4n) is 2.98. The van der Waals surface area contributed by atoms with Crippen LogP contribution in [-0.4, -0.2) is 14.2 Å². The van der Waals surface area contributed by atoms with Crippen molar-refractivity contribution in [2.75, 3.05) is 4.72 Å². The van der Waals surface area contributed by atoms with Crippen molar-refractivity contribution in [1.82, 2.24) is 0 Å². The number of hydrogen-bond acceptors (Lipinski definition) is 4. The van der Waals surface area contributed by atoms with Crippen LogP contribution in [0.1, 0.15) is 46.1 Å². The summed E-state index contributed by atoms with van der Waals surface area (Å²) in [7, 11) is -3.53. The highest BCUT2D eigenvalue weighted by molar-refractivity contribution is 7.92. The maximum atomic E-state index is 12.4. The zero-order valence-corrected chi connectivity index (χ0v) is 14.6. The lowest BCUT2D eigenvalue weighted by Gasteiger charge is -2.11. The summed E-state index contributed by atoms with van der Waals surface area (Å²) in [6, 6.07) is 9.05. The van der Waals surface area contributed by atoms with Crippen molar-refractivity contribution in [3.05, 3.63) is 51.9 Å². The van der Waals surface area contributed by atoms with Gasteiger partial charge < -0.3 is 0 Å². The molecule has 0 atom stereocenters. The Hall–Kier alpha value is -1.66. The molecular formula is C17H19NO3S2. The van der Waals surface area contributed by atoms with Crippen molar-refractivity contribution in [3.63, 3.8) is 0 Å². The molecule has 2 aromatic rings. The number of hydrogen-bond donors (Lipinski definition) is 1. The molecule has 1 aromatic heterocycles. The van der Waals surface area contributed by atoms with E-state index in [2.05, 4.69) is 4.72 Å². The molecule has 6 heteroatoms. The number of nitrogens with one attached hydrogen (secondary N) is 1. The summed E-state index contributed by atoms with van der Waals surface area (Å²) in [4.78, 5) is 13.2. The average molecular weight is 349 g/mol. The molecule has 1 heterocycles. The Labute approximate surface area is 140 Å². The highest BCUT2D eigenvalue weighted by Gasteiger charge is 2.25. The molecule has 1 aromatic carbocycles. The van der Waals surface area contributed by atoms with Gasteiger partial charge in [-0.1, -0.05) is 30.3 Å². The third kappa shape index (κ3) is 3.64. The summed E-state index contributed by atoms with van der Waals surface area (Å²) in [5, 5.41) is 0.486.